The summed E-state index contributed by atoms with van der Waals surface area (Å²) in [6, 6.07) is 0.0513. The van der Waals surface area contributed by atoms with Crippen molar-refractivity contribution < 1.29 is 9.90 Å². The minimum atomic E-state index is -0.00648. The van der Waals surface area contributed by atoms with Crippen LogP contribution in [0.25, 0.3) is 0 Å². The monoisotopic (exact) mass is 304 g/mol. The molecule has 1 aromatic rings. The number of hydrogen-bond donors (Lipinski definition) is 2. The zero-order valence-corrected chi connectivity index (χ0v) is 13.1. The van der Waals surface area contributed by atoms with E-state index >= 15 is 0 Å². The van der Waals surface area contributed by atoms with Gasteiger partial charge >= 0.3 is 0 Å². The number of aliphatic hydroxyl groups excluding tert-OH is 1. The molecule has 22 heavy (non-hydrogen) atoms. The molecule has 2 aliphatic rings. The van der Waals surface area contributed by atoms with Crippen molar-refractivity contribution in [3.8, 4) is 0 Å². The third-order valence-corrected chi connectivity index (χ3v) is 4.70. The first-order chi connectivity index (χ1) is 10.7. The van der Waals surface area contributed by atoms with E-state index in [0.717, 1.165) is 62.4 Å². The molecule has 1 atom stereocenters. The molecule has 0 radical (unpaired) electrons. The molecule has 6 nitrogen and oxygen atoms in total. The van der Waals surface area contributed by atoms with Crippen LogP contribution in [0.1, 0.15) is 49.9 Å². The number of nitrogens with one attached hydrogen (secondary N) is 1. The van der Waals surface area contributed by atoms with Crippen molar-refractivity contribution in [1.82, 2.24) is 15.3 Å². The molecular formula is C16H24N4O2. The van der Waals surface area contributed by atoms with E-state index in [4.69, 9.17) is 4.98 Å². The Hall–Kier alpha value is -1.69. The Morgan fingerprint density at radius 2 is 2.18 bits per heavy atom. The summed E-state index contributed by atoms with van der Waals surface area (Å²) in [4.78, 5) is 22.8. The molecule has 0 aromatic carbocycles. The molecule has 1 saturated heterocycles. The minimum Gasteiger partial charge on any atom is -0.396 e. The Morgan fingerprint density at radius 3 is 2.86 bits per heavy atom. The zero-order valence-electron chi connectivity index (χ0n) is 13.1. The maximum absolute atomic E-state index is 11.3. The molecule has 1 fully saturated rings. The quantitative estimate of drug-likeness (QED) is 0.877. The molecule has 2 heterocycles. The lowest BCUT2D eigenvalue weighted by atomic mass is 9.92. The minimum absolute atomic E-state index is 0.00648. The fourth-order valence-electron chi connectivity index (χ4n) is 3.40. The van der Waals surface area contributed by atoms with Gasteiger partial charge in [-0.15, -0.1) is 0 Å². The standard InChI is InChI=1S/C16H24N4O2/c1-11(22)18-14-3-2-4-15-13(14)9-17-16(19-15)20-7-5-12(10-21)6-8-20/h9,12,14,21H,2-8,10H2,1H3,(H,18,22). The number of amides is 1. The Bertz CT molecular complexity index is 541. The van der Waals surface area contributed by atoms with Crippen molar-refractivity contribution in [2.75, 3.05) is 24.6 Å². The summed E-state index contributed by atoms with van der Waals surface area (Å²) in [6.45, 7) is 3.63. The van der Waals surface area contributed by atoms with Gasteiger partial charge in [-0.3, -0.25) is 4.79 Å². The second kappa shape index (κ2) is 6.60. The van der Waals surface area contributed by atoms with Crippen molar-refractivity contribution in [1.29, 1.82) is 0 Å². The molecule has 1 amide bonds. The van der Waals surface area contributed by atoms with Crippen LogP contribution >= 0.6 is 0 Å². The molecule has 120 valence electrons. The Labute approximate surface area is 131 Å². The second-order valence-electron chi connectivity index (χ2n) is 6.33. The number of aliphatic hydroxyl groups is 1. The predicted molar refractivity (Wildman–Crippen MR) is 83.6 cm³/mol. The average Bonchev–Trinajstić information content (AvgIpc) is 2.54. The highest BCUT2D eigenvalue weighted by Gasteiger charge is 2.25. The van der Waals surface area contributed by atoms with Gasteiger partial charge in [-0.2, -0.15) is 0 Å². The summed E-state index contributed by atoms with van der Waals surface area (Å²) >= 11 is 0. The zero-order chi connectivity index (χ0) is 15.5. The van der Waals surface area contributed by atoms with Gasteiger partial charge in [0.1, 0.15) is 0 Å². The van der Waals surface area contributed by atoms with Crippen LogP contribution in [0, 0.1) is 5.92 Å². The number of aryl methyl sites for hydroxylation is 1. The van der Waals surface area contributed by atoms with Gasteiger partial charge in [0.25, 0.3) is 0 Å². The number of rotatable bonds is 3. The number of aromatic nitrogens is 2. The van der Waals surface area contributed by atoms with E-state index in [0.29, 0.717) is 5.92 Å². The van der Waals surface area contributed by atoms with Crippen molar-refractivity contribution in [2.24, 2.45) is 5.92 Å². The smallest absolute Gasteiger partial charge is 0.225 e. The van der Waals surface area contributed by atoms with Gasteiger partial charge in [-0.25, -0.2) is 9.97 Å². The highest BCUT2D eigenvalue weighted by Crippen LogP contribution is 2.30. The van der Waals surface area contributed by atoms with Gasteiger partial charge in [-0.05, 0) is 38.0 Å². The maximum Gasteiger partial charge on any atom is 0.225 e. The molecule has 0 saturated carbocycles. The van der Waals surface area contributed by atoms with Crippen LogP contribution in [0.2, 0.25) is 0 Å². The first-order valence-electron chi connectivity index (χ1n) is 8.16. The van der Waals surface area contributed by atoms with Crippen LogP contribution in [-0.4, -0.2) is 40.7 Å². The molecule has 1 aliphatic carbocycles. The van der Waals surface area contributed by atoms with Gasteiger partial charge < -0.3 is 15.3 Å². The lowest BCUT2D eigenvalue weighted by Gasteiger charge is -2.32. The van der Waals surface area contributed by atoms with E-state index in [1.54, 1.807) is 6.92 Å². The van der Waals surface area contributed by atoms with Crippen LogP contribution in [0.5, 0.6) is 0 Å². The molecular weight excluding hydrogens is 280 g/mol. The Morgan fingerprint density at radius 1 is 1.41 bits per heavy atom. The third-order valence-electron chi connectivity index (χ3n) is 4.70. The first-order valence-corrected chi connectivity index (χ1v) is 8.16. The molecule has 3 rings (SSSR count). The normalized spacial score (nSPS) is 22.3. The predicted octanol–water partition coefficient (Wildman–Crippen LogP) is 1.20. The Balaban J connectivity index is 1.75. The van der Waals surface area contributed by atoms with Gasteiger partial charge in [0, 0.05) is 38.4 Å². The van der Waals surface area contributed by atoms with Gasteiger partial charge in [0.05, 0.1) is 11.7 Å². The van der Waals surface area contributed by atoms with Crippen LogP contribution in [-0.2, 0) is 11.2 Å². The van der Waals surface area contributed by atoms with Crippen LogP contribution in [0.3, 0.4) is 0 Å². The van der Waals surface area contributed by atoms with E-state index in [9.17, 15) is 9.90 Å². The molecule has 0 bridgehead atoms. The average molecular weight is 304 g/mol. The molecule has 2 N–H and O–H groups in total. The van der Waals surface area contributed by atoms with Crippen LogP contribution in [0.15, 0.2) is 6.20 Å². The van der Waals surface area contributed by atoms with Crippen molar-refractivity contribution in [3.63, 3.8) is 0 Å². The first kappa shape index (κ1) is 15.2. The van der Waals surface area contributed by atoms with E-state index in [1.165, 1.54) is 0 Å². The largest absolute Gasteiger partial charge is 0.396 e. The van der Waals surface area contributed by atoms with Gasteiger partial charge in [0.15, 0.2) is 0 Å². The second-order valence-corrected chi connectivity index (χ2v) is 6.33. The lowest BCUT2D eigenvalue weighted by Crippen LogP contribution is -2.36. The van der Waals surface area contributed by atoms with Crippen molar-refractivity contribution in [3.05, 3.63) is 17.5 Å². The van der Waals surface area contributed by atoms with Crippen LogP contribution < -0.4 is 10.2 Å². The van der Waals surface area contributed by atoms with Gasteiger partial charge in [0.2, 0.25) is 11.9 Å². The summed E-state index contributed by atoms with van der Waals surface area (Å²) in [6.07, 6.45) is 6.82. The molecule has 1 aromatic heterocycles. The van der Waals surface area contributed by atoms with Gasteiger partial charge in [-0.1, -0.05) is 0 Å². The number of anilines is 1. The summed E-state index contributed by atoms with van der Waals surface area (Å²) in [5.74, 6) is 1.20. The number of hydrogen-bond acceptors (Lipinski definition) is 5. The highest BCUT2D eigenvalue weighted by atomic mass is 16.3. The number of piperidine rings is 1. The lowest BCUT2D eigenvalue weighted by molar-refractivity contribution is -0.119. The van der Waals surface area contributed by atoms with Crippen LogP contribution in [0.4, 0.5) is 5.95 Å². The van der Waals surface area contributed by atoms with E-state index in [1.807, 2.05) is 6.20 Å². The SMILES string of the molecule is CC(=O)NC1CCCc2nc(N3CCC(CO)CC3)ncc21. The topological polar surface area (TPSA) is 78.4 Å². The summed E-state index contributed by atoms with van der Waals surface area (Å²) in [5.41, 5.74) is 2.13. The van der Waals surface area contributed by atoms with E-state index in [2.05, 4.69) is 15.2 Å². The van der Waals surface area contributed by atoms with E-state index < -0.39 is 0 Å². The fourth-order valence-corrected chi connectivity index (χ4v) is 3.40. The Kier molecular flexibility index (Phi) is 4.57. The molecule has 6 heteroatoms. The summed E-state index contributed by atoms with van der Waals surface area (Å²) in [7, 11) is 0. The van der Waals surface area contributed by atoms with Crippen molar-refractivity contribution >= 4 is 11.9 Å². The van der Waals surface area contributed by atoms with Crippen molar-refractivity contribution in [2.45, 2.75) is 45.1 Å². The number of fused-ring (bicyclic) bond motifs is 1. The summed E-state index contributed by atoms with van der Waals surface area (Å²) in [5, 5.41) is 12.2. The highest BCUT2D eigenvalue weighted by molar-refractivity contribution is 5.73. The molecule has 1 aliphatic heterocycles. The molecule has 1 unspecified atom stereocenters. The summed E-state index contributed by atoms with van der Waals surface area (Å²) < 4.78 is 0. The number of nitrogens with zero attached hydrogens (tertiary/aromatic N) is 3. The fraction of sp³-hybridized carbons (Fsp3) is 0.688. The number of carbonyl (C=O) groups is 1. The maximum atomic E-state index is 11.3. The van der Waals surface area contributed by atoms with E-state index in [-0.39, 0.29) is 18.6 Å². The third kappa shape index (κ3) is 3.21. The number of carbonyl (C=O) groups excluding carboxylic acids is 1. The molecule has 0 spiro atoms.